The fourth-order valence-corrected chi connectivity index (χ4v) is 2.46. The molecule has 0 saturated carbocycles. The summed E-state index contributed by atoms with van der Waals surface area (Å²) in [6.45, 7) is 10.8. The van der Waals surface area contributed by atoms with Crippen LogP contribution in [0.1, 0.15) is 40.4 Å². The van der Waals surface area contributed by atoms with Crippen LogP contribution in [0.5, 0.6) is 0 Å². The van der Waals surface area contributed by atoms with E-state index in [1.165, 1.54) is 0 Å². The van der Waals surface area contributed by atoms with Gasteiger partial charge in [0.25, 0.3) is 0 Å². The first-order chi connectivity index (χ1) is 6.89. The molecule has 0 bridgehead atoms. The van der Waals surface area contributed by atoms with E-state index < -0.39 is 0 Å². The van der Waals surface area contributed by atoms with Gasteiger partial charge in [-0.3, -0.25) is 0 Å². The molecule has 0 amide bonds. The normalized spacial score (nSPS) is 25.9. The van der Waals surface area contributed by atoms with Gasteiger partial charge in [0.1, 0.15) is 0 Å². The highest BCUT2D eigenvalue weighted by molar-refractivity contribution is 7.99. The van der Waals surface area contributed by atoms with Crippen molar-refractivity contribution in [3.63, 3.8) is 0 Å². The Labute approximate surface area is 94.8 Å². The number of thioether (sulfide) groups is 1. The van der Waals surface area contributed by atoms with Gasteiger partial charge < -0.3 is 5.43 Å². The Bertz CT molecular complexity index is 366. The molecule has 1 N–H and O–H groups in total. The van der Waals surface area contributed by atoms with Crippen molar-refractivity contribution in [3.8, 4) is 0 Å². The number of fused-ring (bicyclic) bond motifs is 1. The van der Waals surface area contributed by atoms with Gasteiger partial charge in [0.15, 0.2) is 5.82 Å². The molecule has 0 aromatic carbocycles. The van der Waals surface area contributed by atoms with Crippen LogP contribution in [-0.2, 0) is 5.41 Å². The van der Waals surface area contributed by atoms with Crippen molar-refractivity contribution in [2.45, 2.75) is 56.5 Å². The van der Waals surface area contributed by atoms with Crippen LogP contribution in [0.3, 0.4) is 0 Å². The van der Waals surface area contributed by atoms with Crippen LogP contribution in [0.15, 0.2) is 5.16 Å². The Hall–Kier alpha value is -0.710. The molecule has 84 valence electrons. The number of nitrogens with one attached hydrogen (secondary N) is 1. The topological polar surface area (TPSA) is 42.7 Å². The Morgan fingerprint density at radius 3 is 2.53 bits per heavy atom. The predicted octanol–water partition coefficient (Wildman–Crippen LogP) is 2.00. The van der Waals surface area contributed by atoms with Crippen molar-refractivity contribution in [1.29, 1.82) is 0 Å². The molecule has 5 heteroatoms. The van der Waals surface area contributed by atoms with Crippen LogP contribution in [0.25, 0.3) is 0 Å². The summed E-state index contributed by atoms with van der Waals surface area (Å²) in [6.07, 6.45) is 0. The van der Waals surface area contributed by atoms with Crippen LogP contribution in [-0.4, -0.2) is 26.2 Å². The van der Waals surface area contributed by atoms with E-state index in [-0.39, 0.29) is 5.41 Å². The SMILES string of the molecule is CC1Nn2c(nnc2C(C)(C)C)SC1C. The second-order valence-corrected chi connectivity index (χ2v) is 6.48. The predicted molar refractivity (Wildman–Crippen MR) is 62.9 cm³/mol. The lowest BCUT2D eigenvalue weighted by atomic mass is 9.96. The Balaban J connectivity index is 2.40. The minimum Gasteiger partial charge on any atom is -0.318 e. The maximum absolute atomic E-state index is 4.27. The second-order valence-electron chi connectivity index (χ2n) is 5.13. The Morgan fingerprint density at radius 2 is 1.93 bits per heavy atom. The molecular weight excluding hydrogens is 208 g/mol. The summed E-state index contributed by atoms with van der Waals surface area (Å²) in [4.78, 5) is 0. The van der Waals surface area contributed by atoms with Crippen molar-refractivity contribution in [3.05, 3.63) is 5.82 Å². The molecule has 1 aliphatic rings. The molecule has 1 aromatic heterocycles. The molecule has 4 nitrogen and oxygen atoms in total. The van der Waals surface area contributed by atoms with E-state index >= 15 is 0 Å². The van der Waals surface area contributed by atoms with Gasteiger partial charge in [0, 0.05) is 10.7 Å². The van der Waals surface area contributed by atoms with Crippen LogP contribution in [0.4, 0.5) is 0 Å². The van der Waals surface area contributed by atoms with Crippen LogP contribution < -0.4 is 5.43 Å². The van der Waals surface area contributed by atoms with Crippen molar-refractivity contribution in [1.82, 2.24) is 14.9 Å². The molecule has 2 atom stereocenters. The van der Waals surface area contributed by atoms with Crippen LogP contribution in [0.2, 0.25) is 0 Å². The first kappa shape index (κ1) is 10.8. The smallest absolute Gasteiger partial charge is 0.210 e. The third kappa shape index (κ3) is 1.85. The average molecular weight is 226 g/mol. The van der Waals surface area contributed by atoms with Gasteiger partial charge in [-0.15, -0.1) is 10.2 Å². The molecule has 1 aromatic rings. The summed E-state index contributed by atoms with van der Waals surface area (Å²) < 4.78 is 2.04. The van der Waals surface area contributed by atoms with Gasteiger partial charge in [-0.1, -0.05) is 39.5 Å². The van der Waals surface area contributed by atoms with E-state index in [1.807, 2.05) is 4.68 Å². The average Bonchev–Trinajstić information content (AvgIpc) is 2.47. The summed E-state index contributed by atoms with van der Waals surface area (Å²) in [5.41, 5.74) is 3.46. The highest BCUT2D eigenvalue weighted by atomic mass is 32.2. The van der Waals surface area contributed by atoms with E-state index in [4.69, 9.17) is 0 Å². The number of rotatable bonds is 0. The zero-order chi connectivity index (χ0) is 11.2. The molecular formula is C10H18N4S. The van der Waals surface area contributed by atoms with Gasteiger partial charge in [-0.25, -0.2) is 4.68 Å². The summed E-state index contributed by atoms with van der Waals surface area (Å²) in [5, 5.41) is 10.0. The molecule has 0 saturated heterocycles. The lowest BCUT2D eigenvalue weighted by molar-refractivity contribution is 0.495. The molecule has 1 aliphatic heterocycles. The summed E-state index contributed by atoms with van der Waals surface area (Å²) in [5.74, 6) is 1.00. The molecule has 0 radical (unpaired) electrons. The van der Waals surface area contributed by atoms with Crippen molar-refractivity contribution in [2.24, 2.45) is 0 Å². The van der Waals surface area contributed by atoms with Gasteiger partial charge in [0.2, 0.25) is 5.16 Å². The van der Waals surface area contributed by atoms with Gasteiger partial charge >= 0.3 is 0 Å². The quantitative estimate of drug-likeness (QED) is 0.735. The largest absolute Gasteiger partial charge is 0.318 e. The number of aromatic nitrogens is 3. The van der Waals surface area contributed by atoms with Crippen LogP contribution in [0, 0.1) is 0 Å². The monoisotopic (exact) mass is 226 g/mol. The fourth-order valence-electron chi connectivity index (χ4n) is 1.53. The van der Waals surface area contributed by atoms with Crippen LogP contribution >= 0.6 is 11.8 Å². The Kier molecular flexibility index (Phi) is 2.45. The van der Waals surface area contributed by atoms with E-state index in [0.717, 1.165) is 11.0 Å². The first-order valence-electron chi connectivity index (χ1n) is 5.28. The minimum atomic E-state index is 0.0269. The number of hydrogen-bond acceptors (Lipinski definition) is 4. The fraction of sp³-hybridized carbons (Fsp3) is 0.800. The maximum Gasteiger partial charge on any atom is 0.210 e. The molecule has 0 aliphatic carbocycles. The Morgan fingerprint density at radius 1 is 1.27 bits per heavy atom. The highest BCUT2D eigenvalue weighted by Gasteiger charge is 2.30. The molecule has 15 heavy (non-hydrogen) atoms. The zero-order valence-corrected chi connectivity index (χ0v) is 10.7. The lowest BCUT2D eigenvalue weighted by Crippen LogP contribution is -2.39. The van der Waals surface area contributed by atoms with E-state index in [0.29, 0.717) is 11.3 Å². The van der Waals surface area contributed by atoms with Crippen molar-refractivity contribution < 1.29 is 0 Å². The van der Waals surface area contributed by atoms with Crippen molar-refractivity contribution in [2.75, 3.05) is 5.43 Å². The summed E-state index contributed by atoms with van der Waals surface area (Å²) in [7, 11) is 0. The molecule has 0 fully saturated rings. The van der Waals surface area contributed by atoms with E-state index in [2.05, 4.69) is 50.2 Å². The van der Waals surface area contributed by atoms with Gasteiger partial charge in [-0.05, 0) is 6.92 Å². The minimum absolute atomic E-state index is 0.0269. The molecule has 0 spiro atoms. The third-order valence-electron chi connectivity index (χ3n) is 2.63. The van der Waals surface area contributed by atoms with E-state index in [9.17, 15) is 0 Å². The van der Waals surface area contributed by atoms with Crippen molar-refractivity contribution >= 4 is 11.8 Å². The summed E-state index contributed by atoms with van der Waals surface area (Å²) >= 11 is 1.78. The van der Waals surface area contributed by atoms with Gasteiger partial charge in [-0.2, -0.15) is 0 Å². The lowest BCUT2D eigenvalue weighted by Gasteiger charge is -2.30. The maximum atomic E-state index is 4.27. The van der Waals surface area contributed by atoms with Gasteiger partial charge in [0.05, 0.1) is 6.04 Å². The third-order valence-corrected chi connectivity index (χ3v) is 3.89. The second kappa shape index (κ2) is 3.40. The standard InChI is InChI=1S/C10H18N4S/c1-6-7(2)15-9-12-11-8(10(3,4)5)14(9)13-6/h6-7,13H,1-5H3. The summed E-state index contributed by atoms with van der Waals surface area (Å²) in [6, 6.07) is 0.444. The highest BCUT2D eigenvalue weighted by Crippen LogP contribution is 2.31. The number of hydrogen-bond donors (Lipinski definition) is 1. The van der Waals surface area contributed by atoms with E-state index in [1.54, 1.807) is 11.8 Å². The number of nitrogens with zero attached hydrogens (tertiary/aromatic N) is 3. The molecule has 2 unspecified atom stereocenters. The first-order valence-corrected chi connectivity index (χ1v) is 6.16. The zero-order valence-electron chi connectivity index (χ0n) is 9.90. The molecule has 2 heterocycles. The molecule has 2 rings (SSSR count).